The Hall–Kier alpha value is -1.55. The first-order chi connectivity index (χ1) is 9.42. The largest absolute Gasteiger partial charge is 0.399 e. The molecule has 20 heavy (non-hydrogen) atoms. The standard InChI is InChI=1S/C16H27N3O/c1-5-13(4)18-16(20)11-19(12(2)3)10-14-6-8-15(17)9-7-14/h6-9,12-13H,5,10-11,17H2,1-4H3,(H,18,20). The molecule has 0 radical (unpaired) electrons. The molecule has 4 heteroatoms. The van der Waals surface area contributed by atoms with Crippen LogP contribution >= 0.6 is 0 Å². The molecule has 1 aromatic rings. The number of rotatable bonds is 7. The van der Waals surface area contributed by atoms with E-state index in [9.17, 15) is 4.79 Å². The highest BCUT2D eigenvalue weighted by Crippen LogP contribution is 2.10. The molecule has 1 atom stereocenters. The molecule has 0 saturated carbocycles. The van der Waals surface area contributed by atoms with E-state index in [0.29, 0.717) is 12.6 Å². The van der Waals surface area contributed by atoms with Crippen molar-refractivity contribution in [2.45, 2.75) is 52.7 Å². The van der Waals surface area contributed by atoms with Gasteiger partial charge in [-0.1, -0.05) is 19.1 Å². The molecule has 112 valence electrons. The van der Waals surface area contributed by atoms with Gasteiger partial charge in [0.2, 0.25) is 5.91 Å². The summed E-state index contributed by atoms with van der Waals surface area (Å²) < 4.78 is 0. The summed E-state index contributed by atoms with van der Waals surface area (Å²) in [5.41, 5.74) is 7.62. The molecule has 0 heterocycles. The van der Waals surface area contributed by atoms with Crippen molar-refractivity contribution in [3.05, 3.63) is 29.8 Å². The van der Waals surface area contributed by atoms with Crippen LogP contribution in [0.15, 0.2) is 24.3 Å². The second-order valence-corrected chi connectivity index (χ2v) is 5.62. The lowest BCUT2D eigenvalue weighted by molar-refractivity contribution is -0.123. The molecule has 1 unspecified atom stereocenters. The molecule has 1 aromatic carbocycles. The van der Waals surface area contributed by atoms with Crippen molar-refractivity contribution < 1.29 is 4.79 Å². The minimum Gasteiger partial charge on any atom is -0.399 e. The predicted octanol–water partition coefficient (Wildman–Crippen LogP) is 2.39. The summed E-state index contributed by atoms with van der Waals surface area (Å²) in [6, 6.07) is 8.36. The predicted molar refractivity (Wildman–Crippen MR) is 84.3 cm³/mol. The highest BCUT2D eigenvalue weighted by Gasteiger charge is 2.15. The van der Waals surface area contributed by atoms with Crippen LogP contribution in [-0.2, 0) is 11.3 Å². The first-order valence-electron chi connectivity index (χ1n) is 7.30. The minimum atomic E-state index is 0.0866. The molecule has 4 nitrogen and oxygen atoms in total. The molecule has 0 spiro atoms. The maximum Gasteiger partial charge on any atom is 0.234 e. The Balaban J connectivity index is 2.60. The third kappa shape index (κ3) is 5.61. The lowest BCUT2D eigenvalue weighted by Crippen LogP contribution is -2.43. The number of hydrogen-bond acceptors (Lipinski definition) is 3. The number of carbonyl (C=O) groups is 1. The lowest BCUT2D eigenvalue weighted by Gasteiger charge is -2.26. The number of carbonyl (C=O) groups excluding carboxylic acids is 1. The Labute approximate surface area is 122 Å². The van der Waals surface area contributed by atoms with Gasteiger partial charge in [0.25, 0.3) is 0 Å². The van der Waals surface area contributed by atoms with Crippen LogP contribution in [0, 0.1) is 0 Å². The summed E-state index contributed by atoms with van der Waals surface area (Å²) in [7, 11) is 0. The average molecular weight is 277 g/mol. The van der Waals surface area contributed by atoms with Gasteiger partial charge in [0.05, 0.1) is 6.54 Å². The van der Waals surface area contributed by atoms with Gasteiger partial charge < -0.3 is 11.1 Å². The first kappa shape index (κ1) is 16.5. The van der Waals surface area contributed by atoms with Gasteiger partial charge in [-0.25, -0.2) is 0 Å². The van der Waals surface area contributed by atoms with Gasteiger partial charge in [0, 0.05) is 24.3 Å². The normalized spacial score (nSPS) is 12.7. The summed E-state index contributed by atoms with van der Waals surface area (Å²) >= 11 is 0. The van der Waals surface area contributed by atoms with E-state index in [0.717, 1.165) is 18.7 Å². The van der Waals surface area contributed by atoms with Crippen LogP contribution in [0.5, 0.6) is 0 Å². The van der Waals surface area contributed by atoms with E-state index in [-0.39, 0.29) is 11.9 Å². The van der Waals surface area contributed by atoms with E-state index in [4.69, 9.17) is 5.73 Å². The van der Waals surface area contributed by atoms with Crippen LogP contribution < -0.4 is 11.1 Å². The Bertz CT molecular complexity index is 414. The van der Waals surface area contributed by atoms with Crippen LogP contribution in [0.4, 0.5) is 5.69 Å². The molecule has 0 aliphatic carbocycles. The minimum absolute atomic E-state index is 0.0866. The maximum atomic E-state index is 12.0. The molecule has 0 bridgehead atoms. The number of nitrogens with two attached hydrogens (primary N) is 1. The second kappa shape index (κ2) is 7.90. The molecular formula is C16H27N3O. The zero-order chi connectivity index (χ0) is 15.1. The number of nitrogen functional groups attached to an aromatic ring is 1. The van der Waals surface area contributed by atoms with Gasteiger partial charge in [-0.15, -0.1) is 0 Å². The van der Waals surface area contributed by atoms with Crippen molar-refractivity contribution in [2.24, 2.45) is 0 Å². The van der Waals surface area contributed by atoms with Gasteiger partial charge in [-0.2, -0.15) is 0 Å². The summed E-state index contributed by atoms with van der Waals surface area (Å²) in [5, 5.41) is 3.01. The van der Waals surface area contributed by atoms with Crippen molar-refractivity contribution in [3.63, 3.8) is 0 Å². The third-order valence-corrected chi connectivity index (χ3v) is 3.46. The number of hydrogen-bond donors (Lipinski definition) is 2. The molecule has 0 aliphatic heterocycles. The zero-order valence-corrected chi connectivity index (χ0v) is 13.0. The Morgan fingerprint density at radius 1 is 1.25 bits per heavy atom. The van der Waals surface area contributed by atoms with Crippen molar-refractivity contribution in [2.75, 3.05) is 12.3 Å². The Kier molecular flexibility index (Phi) is 6.52. The van der Waals surface area contributed by atoms with Crippen molar-refractivity contribution in [3.8, 4) is 0 Å². The van der Waals surface area contributed by atoms with Crippen LogP contribution in [-0.4, -0.2) is 29.4 Å². The fraction of sp³-hybridized carbons (Fsp3) is 0.562. The SMILES string of the molecule is CCC(C)NC(=O)CN(Cc1ccc(N)cc1)C(C)C. The quantitative estimate of drug-likeness (QED) is 0.752. The lowest BCUT2D eigenvalue weighted by atomic mass is 10.1. The highest BCUT2D eigenvalue weighted by atomic mass is 16.2. The summed E-state index contributed by atoms with van der Waals surface area (Å²) in [6.45, 7) is 9.48. The number of anilines is 1. The van der Waals surface area contributed by atoms with Crippen LogP contribution in [0.3, 0.4) is 0 Å². The monoisotopic (exact) mass is 277 g/mol. The zero-order valence-electron chi connectivity index (χ0n) is 13.0. The fourth-order valence-corrected chi connectivity index (χ4v) is 1.89. The number of nitrogens with zero attached hydrogens (tertiary/aromatic N) is 1. The topological polar surface area (TPSA) is 58.4 Å². The molecule has 1 rings (SSSR count). The molecule has 1 amide bonds. The van der Waals surface area contributed by atoms with Gasteiger partial charge in [0.1, 0.15) is 0 Å². The van der Waals surface area contributed by atoms with E-state index in [2.05, 4.69) is 31.0 Å². The van der Waals surface area contributed by atoms with Gasteiger partial charge in [-0.3, -0.25) is 9.69 Å². The fourth-order valence-electron chi connectivity index (χ4n) is 1.89. The summed E-state index contributed by atoms with van der Waals surface area (Å²) in [6.07, 6.45) is 0.950. The second-order valence-electron chi connectivity index (χ2n) is 5.62. The van der Waals surface area contributed by atoms with E-state index in [1.54, 1.807) is 0 Å². The maximum absolute atomic E-state index is 12.0. The molecule has 0 aliphatic rings. The summed E-state index contributed by atoms with van der Waals surface area (Å²) in [4.78, 5) is 14.2. The Morgan fingerprint density at radius 3 is 2.35 bits per heavy atom. The molecule has 3 N–H and O–H groups in total. The molecule has 0 fully saturated rings. The molecule has 0 saturated heterocycles. The first-order valence-corrected chi connectivity index (χ1v) is 7.30. The van der Waals surface area contributed by atoms with E-state index in [1.165, 1.54) is 5.56 Å². The number of nitrogens with one attached hydrogen (secondary N) is 1. The third-order valence-electron chi connectivity index (χ3n) is 3.46. The van der Waals surface area contributed by atoms with Crippen LogP contribution in [0.25, 0.3) is 0 Å². The van der Waals surface area contributed by atoms with E-state index >= 15 is 0 Å². The Morgan fingerprint density at radius 2 is 1.85 bits per heavy atom. The number of amides is 1. The smallest absolute Gasteiger partial charge is 0.234 e. The van der Waals surface area contributed by atoms with Crippen molar-refractivity contribution in [1.82, 2.24) is 10.2 Å². The number of benzene rings is 1. The van der Waals surface area contributed by atoms with Crippen molar-refractivity contribution >= 4 is 11.6 Å². The summed E-state index contributed by atoms with van der Waals surface area (Å²) in [5.74, 6) is 0.0866. The van der Waals surface area contributed by atoms with Crippen LogP contribution in [0.2, 0.25) is 0 Å². The van der Waals surface area contributed by atoms with Gasteiger partial charge >= 0.3 is 0 Å². The molecular weight excluding hydrogens is 250 g/mol. The van der Waals surface area contributed by atoms with E-state index in [1.807, 2.05) is 31.2 Å². The average Bonchev–Trinajstić information content (AvgIpc) is 2.40. The highest BCUT2D eigenvalue weighted by molar-refractivity contribution is 5.78. The van der Waals surface area contributed by atoms with Gasteiger partial charge in [0.15, 0.2) is 0 Å². The van der Waals surface area contributed by atoms with Crippen molar-refractivity contribution in [1.29, 1.82) is 0 Å². The molecule has 0 aromatic heterocycles. The van der Waals surface area contributed by atoms with Crippen LogP contribution in [0.1, 0.15) is 39.7 Å². The van der Waals surface area contributed by atoms with E-state index < -0.39 is 0 Å². The van der Waals surface area contributed by atoms with Gasteiger partial charge in [-0.05, 0) is 44.9 Å².